The minimum Gasteiger partial charge on any atom is -0.497 e. The summed E-state index contributed by atoms with van der Waals surface area (Å²) in [4.78, 5) is 0. The molecule has 3 unspecified atom stereocenters. The highest BCUT2D eigenvalue weighted by molar-refractivity contribution is 5.39. The predicted molar refractivity (Wildman–Crippen MR) is 76.1 cm³/mol. The lowest BCUT2D eigenvalue weighted by Gasteiger charge is -2.28. The molecule has 0 radical (unpaired) electrons. The van der Waals surface area contributed by atoms with Crippen LogP contribution < -0.4 is 10.1 Å². The van der Waals surface area contributed by atoms with Crippen molar-refractivity contribution in [1.29, 1.82) is 0 Å². The lowest BCUT2D eigenvalue weighted by Crippen LogP contribution is -2.29. The van der Waals surface area contributed by atoms with Crippen LogP contribution in [-0.4, -0.2) is 13.7 Å². The first-order valence-electron chi connectivity index (χ1n) is 7.07. The monoisotopic (exact) mass is 247 g/mol. The maximum Gasteiger partial charge on any atom is 0.119 e. The highest BCUT2D eigenvalue weighted by Gasteiger charge is 2.28. The minimum absolute atomic E-state index is 0.456. The van der Waals surface area contributed by atoms with Gasteiger partial charge in [0.1, 0.15) is 5.75 Å². The van der Waals surface area contributed by atoms with Gasteiger partial charge in [-0.25, -0.2) is 0 Å². The molecule has 3 atom stereocenters. The molecule has 0 heterocycles. The van der Waals surface area contributed by atoms with E-state index in [1.54, 1.807) is 7.11 Å². The average molecular weight is 247 g/mol. The fraction of sp³-hybridized carbons (Fsp3) is 0.625. The number of hydrogen-bond donors (Lipinski definition) is 1. The van der Waals surface area contributed by atoms with Gasteiger partial charge in [-0.1, -0.05) is 26.8 Å². The van der Waals surface area contributed by atoms with Gasteiger partial charge in [-0.15, -0.1) is 0 Å². The third kappa shape index (κ3) is 2.54. The van der Waals surface area contributed by atoms with Crippen molar-refractivity contribution in [3.63, 3.8) is 0 Å². The summed E-state index contributed by atoms with van der Waals surface area (Å²) in [5.41, 5.74) is 2.92. The molecule has 1 aliphatic rings. The van der Waals surface area contributed by atoms with E-state index in [0.717, 1.165) is 18.2 Å². The standard InChI is InChI=1S/C16H25NO/c1-5-17-16-12(3)11(2)6-7-13-8-9-14(18-4)10-15(13)16/h8-12,16-17H,5-7H2,1-4H3. The SMILES string of the molecule is CCNC1c2cc(OC)ccc2CCC(C)C1C. The Morgan fingerprint density at radius 1 is 1.33 bits per heavy atom. The molecule has 18 heavy (non-hydrogen) atoms. The van der Waals surface area contributed by atoms with E-state index in [-0.39, 0.29) is 0 Å². The molecule has 0 saturated heterocycles. The van der Waals surface area contributed by atoms with Crippen LogP contribution in [0.4, 0.5) is 0 Å². The van der Waals surface area contributed by atoms with Crippen molar-refractivity contribution in [1.82, 2.24) is 5.32 Å². The van der Waals surface area contributed by atoms with Gasteiger partial charge >= 0.3 is 0 Å². The molecule has 2 heteroatoms. The Kier molecular flexibility index (Phi) is 4.28. The molecule has 2 nitrogen and oxygen atoms in total. The first-order valence-corrected chi connectivity index (χ1v) is 7.07. The molecule has 0 aromatic heterocycles. The molecule has 1 aliphatic carbocycles. The third-order valence-electron chi connectivity index (χ3n) is 4.40. The second-order valence-corrected chi connectivity index (χ2v) is 5.48. The Morgan fingerprint density at radius 2 is 2.11 bits per heavy atom. The van der Waals surface area contributed by atoms with Crippen LogP contribution in [0.25, 0.3) is 0 Å². The zero-order chi connectivity index (χ0) is 13.1. The van der Waals surface area contributed by atoms with Crippen molar-refractivity contribution in [2.45, 2.75) is 39.7 Å². The van der Waals surface area contributed by atoms with Crippen LogP contribution in [0.1, 0.15) is 44.4 Å². The maximum atomic E-state index is 5.38. The summed E-state index contributed by atoms with van der Waals surface area (Å²) in [6.45, 7) is 7.94. The van der Waals surface area contributed by atoms with E-state index in [1.807, 2.05) is 0 Å². The summed E-state index contributed by atoms with van der Waals surface area (Å²) in [7, 11) is 1.74. The van der Waals surface area contributed by atoms with Crippen LogP contribution in [0.2, 0.25) is 0 Å². The van der Waals surface area contributed by atoms with Crippen molar-refractivity contribution < 1.29 is 4.74 Å². The third-order valence-corrected chi connectivity index (χ3v) is 4.40. The van der Waals surface area contributed by atoms with Gasteiger partial charge in [-0.2, -0.15) is 0 Å². The van der Waals surface area contributed by atoms with E-state index in [4.69, 9.17) is 4.74 Å². The topological polar surface area (TPSA) is 21.3 Å². The molecule has 0 fully saturated rings. The Labute approximate surface area is 111 Å². The van der Waals surface area contributed by atoms with Gasteiger partial charge in [0, 0.05) is 6.04 Å². The number of methoxy groups -OCH3 is 1. The Morgan fingerprint density at radius 3 is 2.78 bits per heavy atom. The maximum absolute atomic E-state index is 5.38. The number of aryl methyl sites for hydroxylation is 1. The predicted octanol–water partition coefficient (Wildman–Crippen LogP) is 3.56. The number of benzene rings is 1. The molecular weight excluding hydrogens is 222 g/mol. The molecule has 100 valence electrons. The number of hydrogen-bond acceptors (Lipinski definition) is 2. The summed E-state index contributed by atoms with van der Waals surface area (Å²) in [5, 5.41) is 3.66. The van der Waals surface area contributed by atoms with Gasteiger partial charge in [-0.05, 0) is 54.5 Å². The number of fused-ring (bicyclic) bond motifs is 1. The van der Waals surface area contributed by atoms with Gasteiger partial charge < -0.3 is 10.1 Å². The van der Waals surface area contributed by atoms with Crippen LogP contribution >= 0.6 is 0 Å². The summed E-state index contributed by atoms with van der Waals surface area (Å²) >= 11 is 0. The van der Waals surface area contributed by atoms with Gasteiger partial charge in [0.15, 0.2) is 0 Å². The molecule has 0 bridgehead atoms. The Balaban J connectivity index is 2.42. The van der Waals surface area contributed by atoms with Crippen molar-refractivity contribution in [2.75, 3.05) is 13.7 Å². The molecule has 0 aliphatic heterocycles. The van der Waals surface area contributed by atoms with Crippen molar-refractivity contribution in [3.8, 4) is 5.75 Å². The average Bonchev–Trinajstić information content (AvgIpc) is 2.51. The highest BCUT2D eigenvalue weighted by atomic mass is 16.5. The molecule has 1 aromatic carbocycles. The lowest BCUT2D eigenvalue weighted by atomic mass is 9.86. The largest absolute Gasteiger partial charge is 0.497 e. The first-order chi connectivity index (χ1) is 8.67. The smallest absolute Gasteiger partial charge is 0.119 e. The molecular formula is C16H25NO. The van der Waals surface area contributed by atoms with Gasteiger partial charge in [0.05, 0.1) is 7.11 Å². The molecule has 1 aromatic rings. The summed E-state index contributed by atoms with van der Waals surface area (Å²) in [6.07, 6.45) is 2.47. The number of ether oxygens (including phenoxy) is 1. The number of rotatable bonds is 3. The summed E-state index contributed by atoms with van der Waals surface area (Å²) in [5.74, 6) is 2.39. The second-order valence-electron chi connectivity index (χ2n) is 5.48. The van der Waals surface area contributed by atoms with Gasteiger partial charge in [0.2, 0.25) is 0 Å². The summed E-state index contributed by atoms with van der Waals surface area (Å²) in [6, 6.07) is 7.00. The quantitative estimate of drug-likeness (QED) is 0.825. The highest BCUT2D eigenvalue weighted by Crippen LogP contribution is 2.37. The molecule has 0 spiro atoms. The zero-order valence-corrected chi connectivity index (χ0v) is 12.0. The fourth-order valence-electron chi connectivity index (χ4n) is 2.99. The normalized spacial score (nSPS) is 27.4. The minimum atomic E-state index is 0.456. The molecule has 0 saturated carbocycles. The second kappa shape index (κ2) is 5.75. The van der Waals surface area contributed by atoms with E-state index in [0.29, 0.717) is 12.0 Å². The van der Waals surface area contributed by atoms with E-state index in [2.05, 4.69) is 44.3 Å². The van der Waals surface area contributed by atoms with Crippen LogP contribution in [0, 0.1) is 11.8 Å². The van der Waals surface area contributed by atoms with Crippen LogP contribution in [0.3, 0.4) is 0 Å². The van der Waals surface area contributed by atoms with Crippen LogP contribution in [0.15, 0.2) is 18.2 Å². The molecule has 2 rings (SSSR count). The van der Waals surface area contributed by atoms with E-state index < -0.39 is 0 Å². The van der Waals surface area contributed by atoms with E-state index in [1.165, 1.54) is 24.0 Å². The van der Waals surface area contributed by atoms with E-state index >= 15 is 0 Å². The zero-order valence-electron chi connectivity index (χ0n) is 12.0. The van der Waals surface area contributed by atoms with Crippen molar-refractivity contribution in [3.05, 3.63) is 29.3 Å². The summed E-state index contributed by atoms with van der Waals surface area (Å²) < 4.78 is 5.38. The Hall–Kier alpha value is -1.02. The van der Waals surface area contributed by atoms with Crippen molar-refractivity contribution in [2.24, 2.45) is 11.8 Å². The first kappa shape index (κ1) is 13.4. The molecule has 0 amide bonds. The lowest BCUT2D eigenvalue weighted by molar-refractivity contribution is 0.288. The molecule has 1 N–H and O–H groups in total. The number of nitrogens with one attached hydrogen (secondary N) is 1. The van der Waals surface area contributed by atoms with Crippen LogP contribution in [-0.2, 0) is 6.42 Å². The Bertz CT molecular complexity index is 402. The van der Waals surface area contributed by atoms with Crippen molar-refractivity contribution >= 4 is 0 Å². The van der Waals surface area contributed by atoms with Crippen LogP contribution in [0.5, 0.6) is 5.75 Å². The van der Waals surface area contributed by atoms with E-state index in [9.17, 15) is 0 Å². The fourth-order valence-corrected chi connectivity index (χ4v) is 2.99. The van der Waals surface area contributed by atoms with Gasteiger partial charge in [-0.3, -0.25) is 0 Å². The van der Waals surface area contributed by atoms with Gasteiger partial charge in [0.25, 0.3) is 0 Å².